The van der Waals surface area contributed by atoms with E-state index in [2.05, 4.69) is 36.3 Å². The summed E-state index contributed by atoms with van der Waals surface area (Å²) in [6.07, 6.45) is 0. The Morgan fingerprint density at radius 2 is 1.54 bits per heavy atom. The lowest BCUT2D eigenvalue weighted by molar-refractivity contribution is 0.102. The molecule has 0 unspecified atom stereocenters. The van der Waals surface area contributed by atoms with Crippen molar-refractivity contribution in [2.75, 3.05) is 5.32 Å². The fraction of sp³-hybridized carbons (Fsp3) is 0.167. The molecule has 1 heterocycles. The molecule has 0 radical (unpaired) electrons. The van der Waals surface area contributed by atoms with Gasteiger partial charge in [-0.1, -0.05) is 45.0 Å². The molecular formula is C30H28N4O3. The van der Waals surface area contributed by atoms with Gasteiger partial charge in [0.2, 0.25) is 0 Å². The number of carbonyl (C=O) groups excluding carboxylic acids is 1. The van der Waals surface area contributed by atoms with Gasteiger partial charge in [-0.25, -0.2) is 0 Å². The highest BCUT2D eigenvalue weighted by atomic mass is 16.5. The minimum atomic E-state index is -0.224. The van der Waals surface area contributed by atoms with Gasteiger partial charge in [-0.15, -0.1) is 15.0 Å². The van der Waals surface area contributed by atoms with Crippen molar-refractivity contribution in [2.45, 2.75) is 33.1 Å². The van der Waals surface area contributed by atoms with Crippen LogP contribution < -0.4 is 10.1 Å². The molecular weight excluding hydrogens is 464 g/mol. The van der Waals surface area contributed by atoms with E-state index in [1.54, 1.807) is 42.5 Å². The Bertz CT molecular complexity index is 1580. The van der Waals surface area contributed by atoms with E-state index in [9.17, 15) is 9.90 Å². The van der Waals surface area contributed by atoms with Gasteiger partial charge in [0, 0.05) is 22.9 Å². The number of hydrogen-bond acceptors (Lipinski definition) is 5. The summed E-state index contributed by atoms with van der Waals surface area (Å²) in [6, 6.07) is 25.6. The van der Waals surface area contributed by atoms with Crippen LogP contribution in [0.2, 0.25) is 0 Å². The second kappa shape index (κ2) is 9.43. The number of phenols is 1. The van der Waals surface area contributed by atoms with Crippen molar-refractivity contribution >= 4 is 22.6 Å². The molecule has 0 aliphatic heterocycles. The number of nitrogens with one attached hydrogen (secondary N) is 1. The number of anilines is 1. The second-order valence-corrected chi connectivity index (χ2v) is 10.0. The van der Waals surface area contributed by atoms with Crippen molar-refractivity contribution in [2.24, 2.45) is 0 Å². The number of benzene rings is 4. The van der Waals surface area contributed by atoms with E-state index in [1.165, 1.54) is 4.80 Å². The first kappa shape index (κ1) is 24.1. The molecule has 1 amide bonds. The summed E-state index contributed by atoms with van der Waals surface area (Å²) in [4.78, 5) is 13.8. The number of aromatic nitrogens is 3. The summed E-state index contributed by atoms with van der Waals surface area (Å²) in [5.74, 6) is 1.23. The van der Waals surface area contributed by atoms with Crippen LogP contribution in [-0.2, 0) is 5.41 Å². The van der Waals surface area contributed by atoms with E-state index in [4.69, 9.17) is 4.74 Å². The van der Waals surface area contributed by atoms with E-state index < -0.39 is 0 Å². The highest BCUT2D eigenvalue weighted by molar-refractivity contribution is 6.04. The Labute approximate surface area is 215 Å². The van der Waals surface area contributed by atoms with Gasteiger partial charge in [0.15, 0.2) is 0 Å². The lowest BCUT2D eigenvalue weighted by atomic mass is 9.85. The predicted octanol–water partition coefficient (Wildman–Crippen LogP) is 6.78. The zero-order valence-electron chi connectivity index (χ0n) is 21.2. The number of hydrogen-bond donors (Lipinski definition) is 2. The van der Waals surface area contributed by atoms with Gasteiger partial charge in [0.1, 0.15) is 34.0 Å². The third-order valence-electron chi connectivity index (χ3n) is 5.99. The van der Waals surface area contributed by atoms with Gasteiger partial charge in [-0.2, -0.15) is 0 Å². The summed E-state index contributed by atoms with van der Waals surface area (Å²) >= 11 is 0. The Morgan fingerprint density at radius 3 is 2.24 bits per heavy atom. The number of aryl methyl sites for hydroxylation is 1. The zero-order chi connectivity index (χ0) is 26.2. The normalized spacial score (nSPS) is 11.5. The summed E-state index contributed by atoms with van der Waals surface area (Å²) in [6.45, 7) is 8.18. The molecule has 0 aliphatic rings. The largest absolute Gasteiger partial charge is 0.505 e. The molecule has 2 N–H and O–H groups in total. The minimum absolute atomic E-state index is 0.169. The van der Waals surface area contributed by atoms with Crippen LogP contribution in [0.1, 0.15) is 42.3 Å². The number of amides is 1. The van der Waals surface area contributed by atoms with Gasteiger partial charge in [-0.05, 0) is 72.5 Å². The van der Waals surface area contributed by atoms with E-state index >= 15 is 0 Å². The Hall–Kier alpha value is -4.65. The maximum atomic E-state index is 12.4. The van der Waals surface area contributed by atoms with Crippen molar-refractivity contribution in [1.29, 1.82) is 0 Å². The first-order chi connectivity index (χ1) is 17.7. The van der Waals surface area contributed by atoms with Crippen LogP contribution >= 0.6 is 0 Å². The maximum absolute atomic E-state index is 12.4. The summed E-state index contributed by atoms with van der Waals surface area (Å²) in [5.41, 5.74) is 4.77. The third kappa shape index (κ3) is 5.16. The van der Waals surface area contributed by atoms with Crippen LogP contribution in [0.25, 0.3) is 16.7 Å². The minimum Gasteiger partial charge on any atom is -0.505 e. The van der Waals surface area contributed by atoms with Crippen LogP contribution in [0.15, 0.2) is 84.9 Å². The number of ether oxygens (including phenoxy) is 1. The molecule has 5 aromatic rings. The van der Waals surface area contributed by atoms with Gasteiger partial charge >= 0.3 is 0 Å². The molecule has 0 atom stereocenters. The van der Waals surface area contributed by atoms with E-state index in [-0.39, 0.29) is 17.1 Å². The van der Waals surface area contributed by atoms with Crippen molar-refractivity contribution in [3.05, 3.63) is 102 Å². The molecule has 0 saturated heterocycles. The Balaban J connectivity index is 1.35. The van der Waals surface area contributed by atoms with Crippen molar-refractivity contribution in [1.82, 2.24) is 15.0 Å². The molecule has 4 aromatic carbocycles. The lowest BCUT2D eigenvalue weighted by Gasteiger charge is -2.22. The van der Waals surface area contributed by atoms with Gasteiger partial charge in [-0.3, -0.25) is 4.79 Å². The lowest BCUT2D eigenvalue weighted by Crippen LogP contribution is -2.13. The molecule has 1 aromatic heterocycles. The summed E-state index contributed by atoms with van der Waals surface area (Å²) < 4.78 is 6.01. The fourth-order valence-corrected chi connectivity index (χ4v) is 4.08. The molecule has 7 heteroatoms. The first-order valence-electron chi connectivity index (χ1n) is 12.0. The van der Waals surface area contributed by atoms with Gasteiger partial charge in [0.25, 0.3) is 5.91 Å². The maximum Gasteiger partial charge on any atom is 0.255 e. The number of rotatable bonds is 5. The zero-order valence-corrected chi connectivity index (χ0v) is 21.2. The SMILES string of the molecule is Cc1cc(-n2nc3ccc(Oc4ccc(NC(=O)c5ccccc5)cc4)cc3n2)c(O)c(C(C)(C)C)c1. The van der Waals surface area contributed by atoms with Crippen molar-refractivity contribution in [3.8, 4) is 22.9 Å². The first-order valence-corrected chi connectivity index (χ1v) is 12.0. The average molecular weight is 493 g/mol. The van der Waals surface area contributed by atoms with E-state index in [0.29, 0.717) is 39.5 Å². The van der Waals surface area contributed by atoms with E-state index in [0.717, 1.165) is 11.1 Å². The highest BCUT2D eigenvalue weighted by Gasteiger charge is 2.22. The molecule has 7 nitrogen and oxygen atoms in total. The van der Waals surface area contributed by atoms with Crippen LogP contribution in [0.5, 0.6) is 17.2 Å². The number of carbonyl (C=O) groups is 1. The molecule has 5 rings (SSSR count). The van der Waals surface area contributed by atoms with Crippen LogP contribution in [0, 0.1) is 6.92 Å². The molecule has 0 saturated carbocycles. The van der Waals surface area contributed by atoms with Crippen LogP contribution in [-0.4, -0.2) is 26.0 Å². The Morgan fingerprint density at radius 1 is 0.865 bits per heavy atom. The smallest absolute Gasteiger partial charge is 0.255 e. The molecule has 0 spiro atoms. The standard InChI is InChI=1S/C30H28N4O3/c1-19-16-24(30(2,3)4)28(35)27(17-19)34-32-25-15-14-23(18-26(25)33-34)37-22-12-10-21(11-13-22)31-29(36)20-8-6-5-7-9-20/h5-18,35H,1-4H3,(H,31,36). The second-order valence-electron chi connectivity index (χ2n) is 10.0. The number of fused-ring (bicyclic) bond motifs is 1. The quantitative estimate of drug-likeness (QED) is 0.282. The number of nitrogens with zero attached hydrogens (tertiary/aromatic N) is 3. The van der Waals surface area contributed by atoms with Crippen LogP contribution in [0.3, 0.4) is 0 Å². The average Bonchev–Trinajstić information content (AvgIpc) is 3.29. The highest BCUT2D eigenvalue weighted by Crippen LogP contribution is 2.36. The molecule has 186 valence electrons. The Kier molecular flexibility index (Phi) is 6.13. The number of aromatic hydroxyl groups is 1. The van der Waals surface area contributed by atoms with Crippen molar-refractivity contribution < 1.29 is 14.6 Å². The van der Waals surface area contributed by atoms with E-state index in [1.807, 2.05) is 49.4 Å². The molecule has 37 heavy (non-hydrogen) atoms. The molecule has 0 fully saturated rings. The molecule has 0 aliphatic carbocycles. The number of phenolic OH excluding ortho intramolecular Hbond substituents is 1. The van der Waals surface area contributed by atoms with Gasteiger partial charge in [0.05, 0.1) is 0 Å². The molecule has 0 bridgehead atoms. The monoisotopic (exact) mass is 492 g/mol. The topological polar surface area (TPSA) is 89.3 Å². The van der Waals surface area contributed by atoms with Crippen LogP contribution in [0.4, 0.5) is 5.69 Å². The predicted molar refractivity (Wildman–Crippen MR) is 145 cm³/mol. The van der Waals surface area contributed by atoms with Crippen molar-refractivity contribution in [3.63, 3.8) is 0 Å². The third-order valence-corrected chi connectivity index (χ3v) is 5.99. The summed E-state index contributed by atoms with van der Waals surface area (Å²) in [7, 11) is 0. The summed E-state index contributed by atoms with van der Waals surface area (Å²) in [5, 5.41) is 23.0. The van der Waals surface area contributed by atoms with Gasteiger partial charge < -0.3 is 15.2 Å². The fourth-order valence-electron chi connectivity index (χ4n) is 4.08.